The minimum atomic E-state index is -4.44. The molecule has 0 aliphatic carbocycles. The van der Waals surface area contributed by atoms with Crippen molar-refractivity contribution in [3.8, 4) is 17.2 Å². The summed E-state index contributed by atoms with van der Waals surface area (Å²) >= 11 is 0. The molecule has 2 aliphatic rings. The van der Waals surface area contributed by atoms with E-state index in [9.17, 15) is 28.0 Å². The lowest BCUT2D eigenvalue weighted by Gasteiger charge is -2.35. The number of carbonyl (C=O) groups is 3. The molecule has 0 saturated carbocycles. The van der Waals surface area contributed by atoms with Gasteiger partial charge in [-0.1, -0.05) is 36.4 Å². The normalized spacial score (nSPS) is 14.8. The van der Waals surface area contributed by atoms with E-state index in [1.54, 1.807) is 55.4 Å². The van der Waals surface area contributed by atoms with Gasteiger partial charge in [0, 0.05) is 39.1 Å². The van der Waals surface area contributed by atoms with Gasteiger partial charge in [0.15, 0.2) is 11.5 Å². The summed E-state index contributed by atoms with van der Waals surface area (Å²) in [4.78, 5) is 42.4. The highest BCUT2D eigenvalue weighted by molar-refractivity contribution is 7.89. The van der Waals surface area contributed by atoms with E-state index >= 15 is 0 Å². The van der Waals surface area contributed by atoms with Crippen molar-refractivity contribution in [2.75, 3.05) is 40.1 Å². The molecule has 1 atom stereocenters. The smallest absolute Gasteiger partial charge is 0.410 e. The Hall–Kier alpha value is -4.86. The molecule has 2 aliphatic heterocycles. The van der Waals surface area contributed by atoms with Gasteiger partial charge in [-0.05, 0) is 73.2 Å². The first kappa shape index (κ1) is 36.4. The summed E-state index contributed by atoms with van der Waals surface area (Å²) in [5.74, 6) is 0.121. The van der Waals surface area contributed by atoms with Gasteiger partial charge in [-0.3, -0.25) is 14.8 Å². The van der Waals surface area contributed by atoms with Crippen molar-refractivity contribution in [1.82, 2.24) is 19.6 Å². The van der Waals surface area contributed by atoms with Crippen LogP contribution in [0.1, 0.15) is 40.7 Å². The number of carbonyl (C=O) groups excluding carboxylic acids is 3. The number of methoxy groups -OCH3 is 1. The number of aryl methyl sites for hydroxylation is 1. The molecule has 2 N–H and O–H groups in total. The highest BCUT2D eigenvalue weighted by atomic mass is 32.2. The van der Waals surface area contributed by atoms with E-state index in [1.807, 2.05) is 30.3 Å². The second kappa shape index (κ2) is 15.8. The molecule has 3 aromatic carbocycles. The summed E-state index contributed by atoms with van der Waals surface area (Å²) in [6, 6.07) is 14.4. The fraction of sp³-hybridized carbons (Fsp3) is 0.400. The van der Waals surface area contributed by atoms with E-state index in [4.69, 9.17) is 18.9 Å². The van der Waals surface area contributed by atoms with Crippen molar-refractivity contribution >= 4 is 27.9 Å². The highest BCUT2D eigenvalue weighted by Crippen LogP contribution is 2.36. The number of hydrogen-bond donors (Lipinski definition) is 2. The van der Waals surface area contributed by atoms with Crippen LogP contribution >= 0.6 is 0 Å². The van der Waals surface area contributed by atoms with Crippen LogP contribution in [0.3, 0.4) is 0 Å². The van der Waals surface area contributed by atoms with Crippen molar-refractivity contribution in [2.24, 2.45) is 0 Å². The molecule has 0 spiro atoms. The van der Waals surface area contributed by atoms with Crippen LogP contribution in [-0.2, 0) is 37.5 Å². The number of piperazine rings is 1. The van der Waals surface area contributed by atoms with Gasteiger partial charge in [0.1, 0.15) is 18.4 Å². The second-order valence-electron chi connectivity index (χ2n) is 12.2. The molecule has 0 radical (unpaired) electrons. The second-order valence-corrected chi connectivity index (χ2v) is 14.0. The largest absolute Gasteiger partial charge is 0.496 e. The van der Waals surface area contributed by atoms with Gasteiger partial charge in [0.2, 0.25) is 22.7 Å². The number of nitrogens with one attached hydrogen (secondary N) is 1. The molecule has 268 valence electrons. The number of hydroxylamine groups is 1. The zero-order chi connectivity index (χ0) is 36.0. The quantitative estimate of drug-likeness (QED) is 0.209. The number of amides is 3. The van der Waals surface area contributed by atoms with Crippen LogP contribution in [0.25, 0.3) is 0 Å². The third kappa shape index (κ3) is 7.95. The molecule has 0 bridgehead atoms. The van der Waals surface area contributed by atoms with Gasteiger partial charge < -0.3 is 28.7 Å². The van der Waals surface area contributed by atoms with Crippen molar-refractivity contribution in [3.05, 3.63) is 82.4 Å². The molecule has 14 nitrogen and oxygen atoms in total. The van der Waals surface area contributed by atoms with Gasteiger partial charge in [0.25, 0.3) is 5.91 Å². The molecule has 2 heterocycles. The molecule has 0 unspecified atom stereocenters. The van der Waals surface area contributed by atoms with Gasteiger partial charge in [-0.2, -0.15) is 4.31 Å². The van der Waals surface area contributed by atoms with E-state index in [0.717, 1.165) is 9.87 Å². The maximum absolute atomic E-state index is 14.6. The third-order valence-electron chi connectivity index (χ3n) is 9.03. The fourth-order valence-corrected chi connectivity index (χ4v) is 8.27. The summed E-state index contributed by atoms with van der Waals surface area (Å²) in [5, 5.41) is 9.80. The summed E-state index contributed by atoms with van der Waals surface area (Å²) < 4.78 is 52.0. The zero-order valence-corrected chi connectivity index (χ0v) is 29.3. The molecule has 1 fully saturated rings. The number of fused-ring (bicyclic) bond motifs is 1. The molecule has 0 aromatic heterocycles. The Labute approximate surface area is 291 Å². The summed E-state index contributed by atoms with van der Waals surface area (Å²) in [6.45, 7) is 5.89. The maximum atomic E-state index is 14.6. The van der Waals surface area contributed by atoms with Crippen LogP contribution in [0.4, 0.5) is 4.79 Å². The predicted molar refractivity (Wildman–Crippen MR) is 180 cm³/mol. The van der Waals surface area contributed by atoms with E-state index < -0.39 is 28.1 Å². The maximum Gasteiger partial charge on any atom is 0.410 e. The molecule has 5 rings (SSSR count). The highest BCUT2D eigenvalue weighted by Gasteiger charge is 2.39. The number of benzene rings is 3. The van der Waals surface area contributed by atoms with Crippen LogP contribution in [0.5, 0.6) is 17.2 Å². The Morgan fingerprint density at radius 1 is 0.920 bits per heavy atom. The van der Waals surface area contributed by atoms with Crippen molar-refractivity contribution in [1.29, 1.82) is 0 Å². The fourth-order valence-electron chi connectivity index (χ4n) is 6.18. The van der Waals surface area contributed by atoms with Crippen LogP contribution in [0.2, 0.25) is 0 Å². The Kier molecular flexibility index (Phi) is 11.5. The average molecular weight is 711 g/mol. The molecular formula is C35H42N4O10S. The first-order valence-corrected chi connectivity index (χ1v) is 17.6. The zero-order valence-electron chi connectivity index (χ0n) is 28.5. The predicted octanol–water partition coefficient (Wildman–Crippen LogP) is 3.68. The lowest BCUT2D eigenvalue weighted by atomic mass is 10.1. The van der Waals surface area contributed by atoms with Crippen molar-refractivity contribution in [2.45, 2.75) is 57.7 Å². The van der Waals surface area contributed by atoms with E-state index in [2.05, 4.69) is 0 Å². The number of rotatable bonds is 12. The van der Waals surface area contributed by atoms with Gasteiger partial charge in [-0.25, -0.2) is 18.7 Å². The third-order valence-corrected chi connectivity index (χ3v) is 11.2. The molecular weight excluding hydrogens is 668 g/mol. The van der Waals surface area contributed by atoms with Crippen LogP contribution in [-0.4, -0.2) is 91.8 Å². The number of hydrogen-bond acceptors (Lipinski definition) is 10. The average Bonchev–Trinajstić information content (AvgIpc) is 3.60. The molecule has 15 heteroatoms. The Balaban J connectivity index is 1.35. The summed E-state index contributed by atoms with van der Waals surface area (Å²) in [6.07, 6.45) is -0.922. The molecule has 3 amide bonds. The molecule has 50 heavy (non-hydrogen) atoms. The number of sulfonamides is 1. The molecule has 1 saturated heterocycles. The summed E-state index contributed by atoms with van der Waals surface area (Å²) in [5.41, 5.74) is 4.42. The van der Waals surface area contributed by atoms with Crippen LogP contribution < -0.4 is 19.7 Å². The van der Waals surface area contributed by atoms with Gasteiger partial charge in [-0.15, -0.1) is 0 Å². The van der Waals surface area contributed by atoms with E-state index in [0.29, 0.717) is 39.5 Å². The first-order chi connectivity index (χ1) is 23.9. The molecule has 3 aromatic rings. The van der Waals surface area contributed by atoms with Gasteiger partial charge >= 0.3 is 6.09 Å². The van der Waals surface area contributed by atoms with Crippen molar-refractivity contribution < 1.29 is 47.0 Å². The standard InChI is InChI=1S/C35H42N4O10S/c1-23-18-30(46-4)24(2)25(3)33(23)50(44,45)39(20-27-10-12-29-31(19-27)49-22-48-29)28(34(41)36-43)11-13-32(40)37-14-16-38(17-15-37)35(42)47-21-26-8-6-5-7-9-26/h5-10,12,18-19,28,43H,11,13-17,20-22H2,1-4H3,(H,36,41)/t28-/m1/s1. The number of ether oxygens (including phenoxy) is 4. The summed E-state index contributed by atoms with van der Waals surface area (Å²) in [7, 11) is -2.94. The van der Waals surface area contributed by atoms with Crippen LogP contribution in [0.15, 0.2) is 59.5 Å². The van der Waals surface area contributed by atoms with E-state index in [1.165, 1.54) is 12.0 Å². The minimum absolute atomic E-state index is 0.00566. The van der Waals surface area contributed by atoms with E-state index in [-0.39, 0.29) is 69.8 Å². The SMILES string of the molecule is COc1cc(C)c(S(=O)(=O)N(Cc2ccc3c(c2)OCO3)[C@H](CCC(=O)N2CCN(C(=O)OCc3ccccc3)CC2)C(=O)NO)c(C)c1C. The Bertz CT molecular complexity index is 1830. The Morgan fingerprint density at radius 3 is 2.28 bits per heavy atom. The van der Waals surface area contributed by atoms with Gasteiger partial charge in [0.05, 0.1) is 12.0 Å². The monoisotopic (exact) mass is 710 g/mol. The topological polar surface area (TPSA) is 164 Å². The first-order valence-electron chi connectivity index (χ1n) is 16.2. The van der Waals surface area contributed by atoms with Crippen molar-refractivity contribution in [3.63, 3.8) is 0 Å². The Morgan fingerprint density at radius 2 is 1.60 bits per heavy atom. The number of nitrogens with zero attached hydrogens (tertiary/aromatic N) is 3. The van der Waals surface area contributed by atoms with Crippen LogP contribution in [0, 0.1) is 20.8 Å². The minimum Gasteiger partial charge on any atom is -0.496 e. The lowest BCUT2D eigenvalue weighted by molar-refractivity contribution is -0.135. The lowest BCUT2D eigenvalue weighted by Crippen LogP contribution is -2.52.